The molecule has 2 aromatic heterocycles. The molecule has 0 radical (unpaired) electrons. The van der Waals surface area contributed by atoms with E-state index in [0.29, 0.717) is 0 Å². The maximum absolute atomic E-state index is 9.84. The molecule has 2 aromatic rings. The number of aliphatic hydroxyl groups is 1. The monoisotopic (exact) mass is 190 g/mol. The van der Waals surface area contributed by atoms with Crippen molar-refractivity contribution in [3.63, 3.8) is 0 Å². The Kier molecular flexibility index (Phi) is 2.27. The third-order valence-electron chi connectivity index (χ3n) is 2.40. The number of aromatic nitrogens is 1. The van der Waals surface area contributed by atoms with Gasteiger partial charge in [0, 0.05) is 17.8 Å². The molecule has 0 spiro atoms. The third-order valence-corrected chi connectivity index (χ3v) is 2.40. The Hall–Kier alpha value is -1.32. The quantitative estimate of drug-likeness (QED) is 0.750. The van der Waals surface area contributed by atoms with Gasteiger partial charge < -0.3 is 15.2 Å². The van der Waals surface area contributed by atoms with Crippen LogP contribution in [0.15, 0.2) is 36.5 Å². The van der Waals surface area contributed by atoms with Crippen LogP contribution in [0.3, 0.4) is 0 Å². The number of aliphatic hydroxyl groups excluding tert-OH is 1. The molecule has 0 aliphatic heterocycles. The number of rotatable bonds is 2. The van der Waals surface area contributed by atoms with Gasteiger partial charge >= 0.3 is 0 Å². The molecule has 3 N–H and O–H groups in total. The molecule has 2 heterocycles. The smallest absolute Gasteiger partial charge is 0.109 e. The lowest BCUT2D eigenvalue weighted by Gasteiger charge is -2.14. The van der Waals surface area contributed by atoms with Crippen molar-refractivity contribution in [3.8, 4) is 0 Å². The SMILES string of the molecule is CC(N)C(O)c1ccc2ccccn12. The van der Waals surface area contributed by atoms with Gasteiger partial charge in [0.1, 0.15) is 6.10 Å². The Bertz CT molecular complexity index is 434. The van der Waals surface area contributed by atoms with Gasteiger partial charge in [0.15, 0.2) is 0 Å². The predicted octanol–water partition coefficient (Wildman–Crippen LogP) is 1.32. The van der Waals surface area contributed by atoms with Crippen LogP contribution in [0, 0.1) is 0 Å². The summed E-state index contributed by atoms with van der Waals surface area (Å²) in [6.45, 7) is 1.80. The second-order valence-electron chi connectivity index (χ2n) is 3.56. The second-order valence-corrected chi connectivity index (χ2v) is 3.56. The fourth-order valence-electron chi connectivity index (χ4n) is 1.59. The molecular formula is C11H14N2O. The number of hydrogen-bond acceptors (Lipinski definition) is 2. The molecule has 0 saturated heterocycles. The summed E-state index contributed by atoms with van der Waals surface area (Å²) in [7, 11) is 0. The van der Waals surface area contributed by atoms with Crippen LogP contribution in [0.2, 0.25) is 0 Å². The first-order valence-corrected chi connectivity index (χ1v) is 4.70. The molecule has 14 heavy (non-hydrogen) atoms. The topological polar surface area (TPSA) is 50.7 Å². The third kappa shape index (κ3) is 1.41. The van der Waals surface area contributed by atoms with Crippen molar-refractivity contribution in [1.29, 1.82) is 0 Å². The largest absolute Gasteiger partial charge is 0.385 e. The molecule has 3 heteroatoms. The van der Waals surface area contributed by atoms with E-state index in [2.05, 4.69) is 0 Å². The minimum absolute atomic E-state index is 0.256. The number of nitrogens with two attached hydrogens (primary N) is 1. The van der Waals surface area contributed by atoms with Gasteiger partial charge in [-0.25, -0.2) is 0 Å². The summed E-state index contributed by atoms with van der Waals surface area (Å²) in [4.78, 5) is 0. The van der Waals surface area contributed by atoms with Crippen molar-refractivity contribution >= 4 is 5.52 Å². The van der Waals surface area contributed by atoms with Crippen molar-refractivity contribution in [1.82, 2.24) is 4.40 Å². The van der Waals surface area contributed by atoms with Gasteiger partial charge in [0.25, 0.3) is 0 Å². The van der Waals surface area contributed by atoms with E-state index in [0.717, 1.165) is 11.2 Å². The van der Waals surface area contributed by atoms with Crippen molar-refractivity contribution in [3.05, 3.63) is 42.2 Å². The average molecular weight is 190 g/mol. The molecule has 0 aliphatic rings. The van der Waals surface area contributed by atoms with Crippen molar-refractivity contribution in [2.75, 3.05) is 0 Å². The van der Waals surface area contributed by atoms with Crippen molar-refractivity contribution in [2.45, 2.75) is 19.1 Å². The van der Waals surface area contributed by atoms with E-state index in [-0.39, 0.29) is 6.04 Å². The van der Waals surface area contributed by atoms with Crippen LogP contribution in [0.5, 0.6) is 0 Å². The minimum atomic E-state index is -0.611. The Morgan fingerprint density at radius 2 is 2.07 bits per heavy atom. The molecule has 2 unspecified atom stereocenters. The molecule has 0 saturated carbocycles. The number of fused-ring (bicyclic) bond motifs is 1. The number of nitrogens with zero attached hydrogens (tertiary/aromatic N) is 1. The van der Waals surface area contributed by atoms with Crippen molar-refractivity contribution in [2.24, 2.45) is 5.73 Å². The highest BCUT2D eigenvalue weighted by Gasteiger charge is 2.15. The summed E-state index contributed by atoms with van der Waals surface area (Å²) in [6.07, 6.45) is 1.32. The molecule has 2 atom stereocenters. The van der Waals surface area contributed by atoms with Gasteiger partial charge in [-0.15, -0.1) is 0 Å². The van der Waals surface area contributed by atoms with Gasteiger partial charge in [0.2, 0.25) is 0 Å². The van der Waals surface area contributed by atoms with Gasteiger partial charge in [0.05, 0.1) is 5.69 Å². The number of pyridine rings is 1. The lowest BCUT2D eigenvalue weighted by atomic mass is 10.1. The van der Waals surface area contributed by atoms with Crippen LogP contribution in [-0.4, -0.2) is 15.5 Å². The van der Waals surface area contributed by atoms with Gasteiger partial charge in [-0.05, 0) is 31.2 Å². The molecule has 0 bridgehead atoms. The summed E-state index contributed by atoms with van der Waals surface area (Å²) < 4.78 is 1.95. The first kappa shape index (κ1) is 9.24. The highest BCUT2D eigenvalue weighted by molar-refractivity contribution is 5.49. The van der Waals surface area contributed by atoms with E-state index in [1.54, 1.807) is 6.92 Å². The van der Waals surface area contributed by atoms with E-state index in [4.69, 9.17) is 5.73 Å². The predicted molar refractivity (Wildman–Crippen MR) is 56.0 cm³/mol. The summed E-state index contributed by atoms with van der Waals surface area (Å²) in [5.74, 6) is 0. The maximum Gasteiger partial charge on any atom is 0.109 e. The normalized spacial score (nSPS) is 15.6. The highest BCUT2D eigenvalue weighted by atomic mass is 16.3. The molecule has 0 amide bonds. The minimum Gasteiger partial charge on any atom is -0.385 e. The van der Waals surface area contributed by atoms with Crippen LogP contribution in [0.4, 0.5) is 0 Å². The first-order chi connectivity index (χ1) is 6.70. The van der Waals surface area contributed by atoms with Crippen LogP contribution in [0.25, 0.3) is 5.52 Å². The standard InChI is InChI=1S/C11H14N2O/c1-8(12)11(14)10-6-5-9-4-2-3-7-13(9)10/h2-8,11,14H,12H2,1H3. The molecule has 0 fully saturated rings. The Morgan fingerprint density at radius 3 is 2.79 bits per heavy atom. The number of hydrogen-bond donors (Lipinski definition) is 2. The molecule has 3 nitrogen and oxygen atoms in total. The summed E-state index contributed by atoms with van der Waals surface area (Å²) >= 11 is 0. The molecular weight excluding hydrogens is 176 g/mol. The fraction of sp³-hybridized carbons (Fsp3) is 0.273. The summed E-state index contributed by atoms with van der Waals surface area (Å²) in [5, 5.41) is 9.84. The average Bonchev–Trinajstić information content (AvgIpc) is 2.60. The highest BCUT2D eigenvalue weighted by Crippen LogP contribution is 2.18. The van der Waals surface area contributed by atoms with E-state index in [9.17, 15) is 5.11 Å². The Labute approximate surface area is 82.8 Å². The van der Waals surface area contributed by atoms with E-state index >= 15 is 0 Å². The Balaban J connectivity index is 2.53. The second kappa shape index (κ2) is 3.44. The van der Waals surface area contributed by atoms with E-state index in [1.807, 2.05) is 40.9 Å². The molecule has 74 valence electrons. The molecule has 0 aliphatic carbocycles. The summed E-state index contributed by atoms with van der Waals surface area (Å²) in [5.41, 5.74) is 7.57. The summed E-state index contributed by atoms with van der Waals surface area (Å²) in [6, 6.07) is 9.53. The lowest BCUT2D eigenvalue weighted by molar-refractivity contribution is 0.148. The van der Waals surface area contributed by atoms with Crippen LogP contribution in [-0.2, 0) is 0 Å². The zero-order valence-corrected chi connectivity index (χ0v) is 8.09. The molecule has 2 rings (SSSR count). The fourth-order valence-corrected chi connectivity index (χ4v) is 1.59. The first-order valence-electron chi connectivity index (χ1n) is 4.70. The Morgan fingerprint density at radius 1 is 1.29 bits per heavy atom. The van der Waals surface area contributed by atoms with Crippen LogP contribution in [0.1, 0.15) is 18.7 Å². The van der Waals surface area contributed by atoms with E-state index < -0.39 is 6.10 Å². The van der Waals surface area contributed by atoms with E-state index in [1.165, 1.54) is 0 Å². The zero-order valence-electron chi connectivity index (χ0n) is 8.09. The maximum atomic E-state index is 9.84. The van der Waals surface area contributed by atoms with Crippen LogP contribution < -0.4 is 5.73 Å². The van der Waals surface area contributed by atoms with Gasteiger partial charge in [-0.2, -0.15) is 0 Å². The van der Waals surface area contributed by atoms with Crippen LogP contribution >= 0.6 is 0 Å². The molecule has 0 aromatic carbocycles. The lowest BCUT2D eigenvalue weighted by Crippen LogP contribution is -2.25. The van der Waals surface area contributed by atoms with Crippen molar-refractivity contribution < 1.29 is 5.11 Å². The zero-order chi connectivity index (χ0) is 10.1. The van der Waals surface area contributed by atoms with Gasteiger partial charge in [-0.1, -0.05) is 6.07 Å². The van der Waals surface area contributed by atoms with Gasteiger partial charge in [-0.3, -0.25) is 0 Å².